The minimum atomic E-state index is -0.853. The van der Waals surface area contributed by atoms with Gasteiger partial charge in [0.25, 0.3) is 0 Å². The topological polar surface area (TPSA) is 106 Å². The highest BCUT2D eigenvalue weighted by atomic mass is 35.5. The molecule has 0 amide bonds. The Morgan fingerprint density at radius 3 is 2.76 bits per heavy atom. The van der Waals surface area contributed by atoms with E-state index < -0.39 is 5.54 Å². The minimum Gasteiger partial charge on any atom is -0.475 e. The van der Waals surface area contributed by atoms with Gasteiger partial charge < -0.3 is 21.1 Å². The zero-order valence-electron chi connectivity index (χ0n) is 14.4. The predicted molar refractivity (Wildman–Crippen MR) is 97.7 cm³/mol. The third kappa shape index (κ3) is 4.46. The number of halogens is 1. The molecule has 0 aliphatic carbocycles. The van der Waals surface area contributed by atoms with Crippen LogP contribution in [0.4, 0.5) is 0 Å². The van der Waals surface area contributed by atoms with Crippen molar-refractivity contribution in [3.8, 4) is 5.88 Å². The van der Waals surface area contributed by atoms with Gasteiger partial charge in [0, 0.05) is 50.9 Å². The van der Waals surface area contributed by atoms with Crippen molar-refractivity contribution in [2.75, 3.05) is 46.4 Å². The third-order valence-electron chi connectivity index (χ3n) is 4.56. The summed E-state index contributed by atoms with van der Waals surface area (Å²) in [4.78, 5) is 8.73. The molecule has 136 valence electrons. The summed E-state index contributed by atoms with van der Waals surface area (Å²) in [7, 11) is 2.14. The number of aliphatic imine (C=N–C) groups is 1. The molecule has 1 aromatic rings. The van der Waals surface area contributed by atoms with E-state index in [2.05, 4.69) is 32.0 Å². The quantitative estimate of drug-likeness (QED) is 0.766. The van der Waals surface area contributed by atoms with Crippen LogP contribution in [0.25, 0.3) is 0 Å². The first-order valence-corrected chi connectivity index (χ1v) is 8.70. The van der Waals surface area contributed by atoms with Crippen LogP contribution in [0.2, 0.25) is 5.15 Å². The van der Waals surface area contributed by atoms with E-state index in [0.29, 0.717) is 30.3 Å². The van der Waals surface area contributed by atoms with Crippen molar-refractivity contribution >= 4 is 17.4 Å². The molecule has 1 unspecified atom stereocenters. The van der Waals surface area contributed by atoms with Gasteiger partial charge in [-0.2, -0.15) is 0 Å². The van der Waals surface area contributed by atoms with E-state index in [4.69, 9.17) is 27.8 Å². The van der Waals surface area contributed by atoms with E-state index in [9.17, 15) is 0 Å². The number of amidine groups is 1. The summed E-state index contributed by atoms with van der Waals surface area (Å²) in [6.07, 6.45) is 3.76. The molecule has 0 bridgehead atoms. The smallest absolute Gasteiger partial charge is 0.239 e. The largest absolute Gasteiger partial charge is 0.475 e. The van der Waals surface area contributed by atoms with Crippen molar-refractivity contribution in [1.29, 1.82) is 0 Å². The summed E-state index contributed by atoms with van der Waals surface area (Å²) < 4.78 is 5.89. The van der Waals surface area contributed by atoms with Gasteiger partial charge in [-0.3, -0.25) is 4.90 Å². The summed E-state index contributed by atoms with van der Waals surface area (Å²) in [6, 6.07) is 1.68. The van der Waals surface area contributed by atoms with Crippen LogP contribution in [0.3, 0.4) is 0 Å². The standard InChI is InChI=1S/C16H24ClN7O/c1-23-4-6-24(7-5-23)8-9-25-15-12(10-13(17)21-22-15)16(19)2-3-20-14(18)11-16/h2-3,10H,4-9,11,19H2,1H3,(H2,18,20). The first-order valence-electron chi connectivity index (χ1n) is 8.32. The van der Waals surface area contributed by atoms with Gasteiger partial charge in [0.2, 0.25) is 5.88 Å². The lowest BCUT2D eigenvalue weighted by Gasteiger charge is -2.32. The average Bonchev–Trinajstić information content (AvgIpc) is 2.58. The molecule has 0 saturated carbocycles. The van der Waals surface area contributed by atoms with Crippen molar-refractivity contribution in [2.45, 2.75) is 12.0 Å². The molecule has 0 radical (unpaired) electrons. The van der Waals surface area contributed by atoms with Crippen molar-refractivity contribution in [2.24, 2.45) is 16.5 Å². The van der Waals surface area contributed by atoms with E-state index in [-0.39, 0.29) is 5.15 Å². The summed E-state index contributed by atoms with van der Waals surface area (Å²) >= 11 is 6.02. The Morgan fingerprint density at radius 2 is 2.04 bits per heavy atom. The minimum absolute atomic E-state index is 0.265. The number of piperazine rings is 1. The lowest BCUT2D eigenvalue weighted by atomic mass is 9.87. The summed E-state index contributed by atoms with van der Waals surface area (Å²) in [5, 5.41) is 8.25. The molecular weight excluding hydrogens is 342 g/mol. The third-order valence-corrected chi connectivity index (χ3v) is 4.74. The number of nitrogens with zero attached hydrogens (tertiary/aromatic N) is 5. The van der Waals surface area contributed by atoms with Crippen molar-refractivity contribution in [3.63, 3.8) is 0 Å². The molecule has 4 N–H and O–H groups in total. The normalized spacial score (nSPS) is 25.0. The second-order valence-electron chi connectivity index (χ2n) is 6.53. The molecule has 1 atom stereocenters. The van der Waals surface area contributed by atoms with Crippen LogP contribution in [0, 0.1) is 0 Å². The van der Waals surface area contributed by atoms with Crippen LogP contribution >= 0.6 is 11.6 Å². The SMILES string of the molecule is CN1CCN(CCOc2nnc(Cl)cc2C2(N)C=CN=C(N)C2)CC1. The van der Waals surface area contributed by atoms with E-state index >= 15 is 0 Å². The van der Waals surface area contributed by atoms with Crippen molar-refractivity contribution in [1.82, 2.24) is 20.0 Å². The fraction of sp³-hybridized carbons (Fsp3) is 0.562. The van der Waals surface area contributed by atoms with Gasteiger partial charge in [-0.15, -0.1) is 10.2 Å². The number of ether oxygens (including phenoxy) is 1. The lowest BCUT2D eigenvalue weighted by molar-refractivity contribution is 0.131. The summed E-state index contributed by atoms with van der Waals surface area (Å²) in [5.41, 5.74) is 12.2. The molecular formula is C16H24ClN7O. The van der Waals surface area contributed by atoms with Crippen molar-refractivity contribution < 1.29 is 4.74 Å². The van der Waals surface area contributed by atoms with Gasteiger partial charge in [-0.1, -0.05) is 11.6 Å². The molecule has 3 rings (SSSR count). The molecule has 3 heterocycles. The number of aromatic nitrogens is 2. The highest BCUT2D eigenvalue weighted by Gasteiger charge is 2.32. The van der Waals surface area contributed by atoms with Crippen molar-refractivity contribution in [3.05, 3.63) is 29.1 Å². The van der Waals surface area contributed by atoms with Gasteiger partial charge in [0.15, 0.2) is 5.15 Å². The fourth-order valence-electron chi connectivity index (χ4n) is 3.00. The zero-order valence-corrected chi connectivity index (χ0v) is 15.1. The fourth-order valence-corrected chi connectivity index (χ4v) is 3.14. The number of nitrogens with two attached hydrogens (primary N) is 2. The van der Waals surface area contributed by atoms with Crippen LogP contribution < -0.4 is 16.2 Å². The Kier molecular flexibility index (Phi) is 5.53. The van der Waals surface area contributed by atoms with Gasteiger partial charge in [0.05, 0.1) is 5.54 Å². The molecule has 2 aliphatic heterocycles. The molecule has 2 aliphatic rings. The Labute approximate surface area is 152 Å². The lowest BCUT2D eigenvalue weighted by Crippen LogP contribution is -2.45. The summed E-state index contributed by atoms with van der Waals surface area (Å²) in [6.45, 7) is 5.55. The van der Waals surface area contributed by atoms with Crippen LogP contribution in [0.5, 0.6) is 5.88 Å². The predicted octanol–water partition coefficient (Wildman–Crippen LogP) is 0.185. The Bertz CT molecular complexity index is 672. The molecule has 0 spiro atoms. The highest BCUT2D eigenvalue weighted by molar-refractivity contribution is 6.29. The summed E-state index contributed by atoms with van der Waals surface area (Å²) in [5.74, 6) is 0.849. The van der Waals surface area contributed by atoms with Crippen LogP contribution in [-0.2, 0) is 5.54 Å². The van der Waals surface area contributed by atoms with E-state index in [0.717, 1.165) is 32.7 Å². The van der Waals surface area contributed by atoms with E-state index in [1.807, 2.05) is 0 Å². The molecule has 1 fully saturated rings. The molecule has 8 nitrogen and oxygen atoms in total. The van der Waals surface area contributed by atoms with Crippen LogP contribution in [0.15, 0.2) is 23.3 Å². The maximum Gasteiger partial charge on any atom is 0.239 e. The molecule has 0 aromatic carbocycles. The van der Waals surface area contributed by atoms with Gasteiger partial charge in [-0.25, -0.2) is 4.99 Å². The molecule has 1 aromatic heterocycles. The Hall–Kier alpha value is -1.74. The average molecular weight is 366 g/mol. The monoisotopic (exact) mass is 365 g/mol. The van der Waals surface area contributed by atoms with Gasteiger partial charge in [0.1, 0.15) is 12.4 Å². The van der Waals surface area contributed by atoms with Gasteiger partial charge >= 0.3 is 0 Å². The second kappa shape index (κ2) is 7.65. The molecule has 1 saturated heterocycles. The first kappa shape index (κ1) is 18.1. The second-order valence-corrected chi connectivity index (χ2v) is 6.92. The maximum absolute atomic E-state index is 6.50. The van der Waals surface area contributed by atoms with E-state index in [1.54, 1.807) is 18.3 Å². The Balaban J connectivity index is 1.67. The zero-order chi connectivity index (χ0) is 17.9. The highest BCUT2D eigenvalue weighted by Crippen LogP contribution is 2.33. The number of rotatable bonds is 5. The Morgan fingerprint density at radius 1 is 1.28 bits per heavy atom. The number of likely N-dealkylation sites (N-methyl/N-ethyl adjacent to an activating group) is 1. The number of hydrogen-bond acceptors (Lipinski definition) is 8. The molecule has 25 heavy (non-hydrogen) atoms. The number of hydrogen-bond donors (Lipinski definition) is 2. The maximum atomic E-state index is 6.50. The van der Waals surface area contributed by atoms with E-state index in [1.165, 1.54) is 0 Å². The van der Waals surface area contributed by atoms with Crippen LogP contribution in [-0.4, -0.2) is 72.2 Å². The van der Waals surface area contributed by atoms with Crippen LogP contribution in [0.1, 0.15) is 12.0 Å². The van der Waals surface area contributed by atoms with Gasteiger partial charge in [-0.05, 0) is 19.2 Å². The molecule has 9 heteroatoms. The first-order chi connectivity index (χ1) is 12.0.